The third kappa shape index (κ3) is 6.03. The Bertz CT molecular complexity index is 618. The number of likely N-dealkylation sites (N-methyl/N-ethyl adjacent to an activating group) is 1. The number of carbonyl (C=O) groups is 2. The largest absolute Gasteiger partial charge is 0.377 e. The minimum absolute atomic E-state index is 0.0344. The first-order valence-electron chi connectivity index (χ1n) is 8.58. The number of benzene rings is 1. The number of amides is 3. The van der Waals surface area contributed by atoms with Gasteiger partial charge < -0.3 is 25.2 Å². The zero-order valence-electron chi connectivity index (χ0n) is 15.5. The quantitative estimate of drug-likeness (QED) is 0.874. The predicted molar refractivity (Wildman–Crippen MR) is 99.0 cm³/mol. The minimum Gasteiger partial charge on any atom is -0.377 e. The standard InChI is InChI=1S/C18H28N4O3/c1-13-6-7-15(10-16(13)20-17(23)12-21(3)4)19-18(24)22-8-5-9-25-14(2)11-22/h6-7,10,14H,5,8-9,11-12H2,1-4H3,(H,19,24)(H,20,23)/t14-/m1/s1. The Morgan fingerprint density at radius 2 is 2.08 bits per heavy atom. The number of hydrogen-bond acceptors (Lipinski definition) is 4. The van der Waals surface area contributed by atoms with Crippen LogP contribution >= 0.6 is 0 Å². The molecule has 7 heteroatoms. The summed E-state index contributed by atoms with van der Waals surface area (Å²) in [6.45, 7) is 6.12. The molecule has 1 fully saturated rings. The van der Waals surface area contributed by atoms with E-state index in [9.17, 15) is 9.59 Å². The van der Waals surface area contributed by atoms with E-state index in [4.69, 9.17) is 4.74 Å². The van der Waals surface area contributed by atoms with Crippen molar-refractivity contribution in [3.05, 3.63) is 23.8 Å². The average molecular weight is 348 g/mol. The Balaban J connectivity index is 2.03. The molecule has 1 aromatic rings. The molecule has 0 saturated carbocycles. The number of anilines is 2. The van der Waals surface area contributed by atoms with Gasteiger partial charge >= 0.3 is 6.03 Å². The topological polar surface area (TPSA) is 73.9 Å². The number of aryl methyl sites for hydroxylation is 1. The van der Waals surface area contributed by atoms with Crippen LogP contribution in [0.1, 0.15) is 18.9 Å². The van der Waals surface area contributed by atoms with E-state index in [0.29, 0.717) is 37.6 Å². The maximum Gasteiger partial charge on any atom is 0.321 e. The van der Waals surface area contributed by atoms with Gasteiger partial charge in [-0.2, -0.15) is 0 Å². The molecule has 0 spiro atoms. The number of nitrogens with zero attached hydrogens (tertiary/aromatic N) is 2. The molecular weight excluding hydrogens is 320 g/mol. The van der Waals surface area contributed by atoms with Crippen molar-refractivity contribution >= 4 is 23.3 Å². The van der Waals surface area contributed by atoms with Crippen LogP contribution in [0.25, 0.3) is 0 Å². The summed E-state index contributed by atoms with van der Waals surface area (Å²) in [5, 5.41) is 5.80. The van der Waals surface area contributed by atoms with Crippen LogP contribution in [-0.2, 0) is 9.53 Å². The first kappa shape index (κ1) is 19.2. The fraction of sp³-hybridized carbons (Fsp3) is 0.556. The first-order valence-corrected chi connectivity index (χ1v) is 8.58. The lowest BCUT2D eigenvalue weighted by atomic mass is 10.1. The second kappa shape index (κ2) is 8.82. The maximum absolute atomic E-state index is 12.5. The molecule has 1 heterocycles. The van der Waals surface area contributed by atoms with Gasteiger partial charge in [0.1, 0.15) is 0 Å². The van der Waals surface area contributed by atoms with Crippen LogP contribution in [0.5, 0.6) is 0 Å². The SMILES string of the molecule is Cc1ccc(NC(=O)N2CCCO[C@H](C)C2)cc1NC(=O)CN(C)C. The van der Waals surface area contributed by atoms with Crippen molar-refractivity contribution in [2.75, 3.05) is 51.0 Å². The average Bonchev–Trinajstić information content (AvgIpc) is 2.74. The summed E-state index contributed by atoms with van der Waals surface area (Å²) in [6.07, 6.45) is 0.865. The normalized spacial score (nSPS) is 18.0. The van der Waals surface area contributed by atoms with Crippen molar-refractivity contribution < 1.29 is 14.3 Å². The third-order valence-corrected chi connectivity index (χ3v) is 3.96. The number of hydrogen-bond donors (Lipinski definition) is 2. The molecule has 7 nitrogen and oxygen atoms in total. The molecule has 2 N–H and O–H groups in total. The molecule has 3 amide bonds. The van der Waals surface area contributed by atoms with E-state index in [2.05, 4.69) is 10.6 Å². The Kier molecular flexibility index (Phi) is 6.78. The summed E-state index contributed by atoms with van der Waals surface area (Å²) < 4.78 is 5.57. The predicted octanol–water partition coefficient (Wildman–Crippen LogP) is 2.14. The summed E-state index contributed by atoms with van der Waals surface area (Å²) in [5.74, 6) is -0.0879. The highest BCUT2D eigenvalue weighted by Crippen LogP contribution is 2.21. The second-order valence-electron chi connectivity index (χ2n) is 6.73. The van der Waals surface area contributed by atoms with Gasteiger partial charge in [0.25, 0.3) is 0 Å². The molecular formula is C18H28N4O3. The monoisotopic (exact) mass is 348 g/mol. The van der Waals surface area contributed by atoms with Crippen LogP contribution in [-0.4, -0.2) is 68.2 Å². The van der Waals surface area contributed by atoms with Crippen LogP contribution in [0.2, 0.25) is 0 Å². The molecule has 138 valence electrons. The summed E-state index contributed by atoms with van der Waals surface area (Å²) in [4.78, 5) is 28.0. The van der Waals surface area contributed by atoms with Gasteiger partial charge in [-0.3, -0.25) is 4.79 Å². The van der Waals surface area contributed by atoms with Gasteiger partial charge in [-0.15, -0.1) is 0 Å². The molecule has 2 rings (SSSR count). The molecule has 1 aliphatic heterocycles. The van der Waals surface area contributed by atoms with Gasteiger partial charge in [-0.1, -0.05) is 6.07 Å². The zero-order chi connectivity index (χ0) is 18.4. The highest BCUT2D eigenvalue weighted by molar-refractivity contribution is 5.95. The fourth-order valence-corrected chi connectivity index (χ4v) is 2.69. The lowest BCUT2D eigenvalue weighted by Crippen LogP contribution is -2.38. The lowest BCUT2D eigenvalue weighted by molar-refractivity contribution is -0.116. The Labute approximate surface area is 149 Å². The van der Waals surface area contributed by atoms with Crippen molar-refractivity contribution in [1.29, 1.82) is 0 Å². The molecule has 1 aromatic carbocycles. The summed E-state index contributed by atoms with van der Waals surface area (Å²) in [7, 11) is 3.68. The molecule has 0 radical (unpaired) electrons. The van der Waals surface area contributed by atoms with Gasteiger partial charge in [0, 0.05) is 31.1 Å². The molecule has 1 atom stereocenters. The van der Waals surface area contributed by atoms with Crippen molar-refractivity contribution in [2.45, 2.75) is 26.4 Å². The maximum atomic E-state index is 12.5. The Morgan fingerprint density at radius 3 is 2.80 bits per heavy atom. The number of urea groups is 1. The van der Waals surface area contributed by atoms with E-state index in [-0.39, 0.29) is 18.0 Å². The highest BCUT2D eigenvalue weighted by Gasteiger charge is 2.20. The van der Waals surface area contributed by atoms with Crippen LogP contribution in [0, 0.1) is 6.92 Å². The molecule has 0 unspecified atom stereocenters. The van der Waals surface area contributed by atoms with E-state index < -0.39 is 0 Å². The molecule has 1 aliphatic rings. The summed E-state index contributed by atoms with van der Waals surface area (Å²) >= 11 is 0. The zero-order valence-corrected chi connectivity index (χ0v) is 15.5. The number of rotatable bonds is 4. The molecule has 0 aliphatic carbocycles. The van der Waals surface area contributed by atoms with Gasteiger partial charge in [0.15, 0.2) is 0 Å². The first-order chi connectivity index (χ1) is 11.8. The fourth-order valence-electron chi connectivity index (χ4n) is 2.69. The smallest absolute Gasteiger partial charge is 0.321 e. The number of carbonyl (C=O) groups excluding carboxylic acids is 2. The molecule has 25 heavy (non-hydrogen) atoms. The second-order valence-corrected chi connectivity index (χ2v) is 6.73. The molecule has 0 bridgehead atoms. The lowest BCUT2D eigenvalue weighted by Gasteiger charge is -2.23. The van der Waals surface area contributed by atoms with E-state index >= 15 is 0 Å². The van der Waals surface area contributed by atoms with Gasteiger partial charge in [0.2, 0.25) is 5.91 Å². The van der Waals surface area contributed by atoms with Gasteiger partial charge in [-0.25, -0.2) is 4.79 Å². The van der Waals surface area contributed by atoms with Crippen LogP contribution in [0.3, 0.4) is 0 Å². The highest BCUT2D eigenvalue weighted by atomic mass is 16.5. The Hall–Kier alpha value is -2.12. The van der Waals surface area contributed by atoms with Gasteiger partial charge in [-0.05, 0) is 52.1 Å². The van der Waals surface area contributed by atoms with Crippen molar-refractivity contribution in [3.8, 4) is 0 Å². The van der Waals surface area contributed by atoms with Crippen LogP contribution < -0.4 is 10.6 Å². The third-order valence-electron chi connectivity index (χ3n) is 3.96. The van der Waals surface area contributed by atoms with Crippen LogP contribution in [0.15, 0.2) is 18.2 Å². The van der Waals surface area contributed by atoms with Crippen molar-refractivity contribution in [1.82, 2.24) is 9.80 Å². The summed E-state index contributed by atoms with van der Waals surface area (Å²) in [5.41, 5.74) is 2.31. The van der Waals surface area contributed by atoms with E-state index in [0.717, 1.165) is 12.0 Å². The molecule has 0 aromatic heterocycles. The van der Waals surface area contributed by atoms with Gasteiger partial charge in [0.05, 0.1) is 12.6 Å². The number of nitrogens with one attached hydrogen (secondary N) is 2. The minimum atomic E-state index is -0.147. The van der Waals surface area contributed by atoms with Crippen molar-refractivity contribution in [3.63, 3.8) is 0 Å². The van der Waals surface area contributed by atoms with E-state index in [1.165, 1.54) is 0 Å². The Morgan fingerprint density at radius 1 is 1.32 bits per heavy atom. The summed E-state index contributed by atoms with van der Waals surface area (Å²) in [6, 6.07) is 5.37. The van der Waals surface area contributed by atoms with E-state index in [1.807, 2.05) is 40.1 Å². The van der Waals surface area contributed by atoms with E-state index in [1.54, 1.807) is 15.9 Å². The number of ether oxygens (including phenoxy) is 1. The van der Waals surface area contributed by atoms with Crippen LogP contribution in [0.4, 0.5) is 16.2 Å². The van der Waals surface area contributed by atoms with Crippen molar-refractivity contribution in [2.24, 2.45) is 0 Å². The molecule has 1 saturated heterocycles.